The molecule has 0 aromatic rings. The Kier molecular flexibility index (Phi) is 5.13. The molecule has 72 valence electrons. The lowest BCUT2D eigenvalue weighted by Crippen LogP contribution is -2.07. The SMILES string of the molecule is CSC1CCCCCCC(C)C1. The summed E-state index contributed by atoms with van der Waals surface area (Å²) in [6.07, 6.45) is 12.6. The first-order valence-electron chi connectivity index (χ1n) is 5.35. The first-order valence-corrected chi connectivity index (χ1v) is 6.64. The van der Waals surface area contributed by atoms with Crippen LogP contribution in [-0.4, -0.2) is 11.5 Å². The van der Waals surface area contributed by atoms with Gasteiger partial charge in [0.25, 0.3) is 0 Å². The molecular weight excluding hydrogens is 164 g/mol. The predicted molar refractivity (Wildman–Crippen MR) is 58.8 cm³/mol. The van der Waals surface area contributed by atoms with Gasteiger partial charge in [0.1, 0.15) is 0 Å². The molecule has 0 N–H and O–H groups in total. The second-order valence-corrected chi connectivity index (χ2v) is 5.33. The molecule has 0 heterocycles. The molecule has 2 atom stereocenters. The molecule has 1 saturated carbocycles. The monoisotopic (exact) mass is 186 g/mol. The zero-order chi connectivity index (χ0) is 8.81. The summed E-state index contributed by atoms with van der Waals surface area (Å²) in [7, 11) is 0. The summed E-state index contributed by atoms with van der Waals surface area (Å²) < 4.78 is 0. The van der Waals surface area contributed by atoms with Gasteiger partial charge in [-0.1, -0.05) is 39.0 Å². The summed E-state index contributed by atoms with van der Waals surface area (Å²) in [5.74, 6) is 0.973. The minimum absolute atomic E-state index is 0.957. The van der Waals surface area contributed by atoms with Gasteiger partial charge in [0.05, 0.1) is 0 Å². The van der Waals surface area contributed by atoms with Gasteiger partial charge in [0.2, 0.25) is 0 Å². The summed E-state index contributed by atoms with van der Waals surface area (Å²) in [5.41, 5.74) is 0. The average Bonchev–Trinajstić information content (AvgIpc) is 2.16. The van der Waals surface area contributed by atoms with Crippen molar-refractivity contribution in [3.63, 3.8) is 0 Å². The topological polar surface area (TPSA) is 0 Å². The van der Waals surface area contributed by atoms with Crippen LogP contribution in [0.4, 0.5) is 0 Å². The Morgan fingerprint density at radius 2 is 1.67 bits per heavy atom. The molecule has 0 amide bonds. The van der Waals surface area contributed by atoms with Gasteiger partial charge >= 0.3 is 0 Å². The van der Waals surface area contributed by atoms with Gasteiger partial charge in [-0.2, -0.15) is 11.8 Å². The second kappa shape index (κ2) is 5.90. The third-order valence-corrected chi connectivity index (χ3v) is 4.07. The largest absolute Gasteiger partial charge is 0.162 e. The maximum Gasteiger partial charge on any atom is 0.00468 e. The molecule has 0 spiro atoms. The molecule has 1 rings (SSSR count). The smallest absolute Gasteiger partial charge is 0.00468 e. The van der Waals surface area contributed by atoms with Crippen molar-refractivity contribution < 1.29 is 0 Å². The van der Waals surface area contributed by atoms with Crippen LogP contribution in [0.1, 0.15) is 51.9 Å². The van der Waals surface area contributed by atoms with Crippen LogP contribution in [0.3, 0.4) is 0 Å². The molecule has 0 bridgehead atoms. The standard InChI is InChI=1S/C11H22S/c1-10-7-5-3-4-6-8-11(9-10)12-2/h10-11H,3-9H2,1-2H3. The van der Waals surface area contributed by atoms with Crippen molar-refractivity contribution in [3.05, 3.63) is 0 Å². The Balaban J connectivity index is 2.32. The molecule has 0 radical (unpaired) electrons. The third-order valence-electron chi connectivity index (χ3n) is 2.97. The maximum atomic E-state index is 2.43. The van der Waals surface area contributed by atoms with Gasteiger partial charge in [0, 0.05) is 5.25 Å². The minimum Gasteiger partial charge on any atom is -0.162 e. The summed E-state index contributed by atoms with van der Waals surface area (Å²) in [5, 5.41) is 0.957. The molecule has 0 aliphatic heterocycles. The Labute approximate surface area is 81.5 Å². The van der Waals surface area contributed by atoms with E-state index in [0.717, 1.165) is 11.2 Å². The van der Waals surface area contributed by atoms with Gasteiger partial charge < -0.3 is 0 Å². The van der Waals surface area contributed by atoms with Crippen molar-refractivity contribution >= 4 is 11.8 Å². The van der Waals surface area contributed by atoms with Gasteiger partial charge in [0.15, 0.2) is 0 Å². The second-order valence-electron chi connectivity index (χ2n) is 4.19. The molecule has 1 aliphatic rings. The van der Waals surface area contributed by atoms with E-state index in [4.69, 9.17) is 0 Å². The lowest BCUT2D eigenvalue weighted by molar-refractivity contribution is 0.471. The van der Waals surface area contributed by atoms with Crippen molar-refractivity contribution in [2.45, 2.75) is 57.1 Å². The van der Waals surface area contributed by atoms with Crippen LogP contribution in [0.15, 0.2) is 0 Å². The highest BCUT2D eigenvalue weighted by atomic mass is 32.2. The molecule has 0 aromatic heterocycles. The Hall–Kier alpha value is 0.350. The van der Waals surface area contributed by atoms with E-state index in [0.29, 0.717) is 0 Å². The van der Waals surface area contributed by atoms with Crippen molar-refractivity contribution in [1.82, 2.24) is 0 Å². The van der Waals surface area contributed by atoms with Crippen LogP contribution in [0.25, 0.3) is 0 Å². The van der Waals surface area contributed by atoms with E-state index in [9.17, 15) is 0 Å². The average molecular weight is 186 g/mol. The van der Waals surface area contributed by atoms with Crippen molar-refractivity contribution in [2.24, 2.45) is 5.92 Å². The van der Waals surface area contributed by atoms with Crippen LogP contribution < -0.4 is 0 Å². The summed E-state index contributed by atoms with van der Waals surface area (Å²) >= 11 is 2.08. The fourth-order valence-corrected chi connectivity index (χ4v) is 3.04. The van der Waals surface area contributed by atoms with E-state index in [1.165, 1.54) is 44.9 Å². The van der Waals surface area contributed by atoms with Crippen LogP contribution >= 0.6 is 11.8 Å². The normalized spacial score (nSPS) is 33.5. The Morgan fingerprint density at radius 3 is 2.33 bits per heavy atom. The van der Waals surface area contributed by atoms with Crippen LogP contribution in [0.2, 0.25) is 0 Å². The number of rotatable bonds is 1. The fourth-order valence-electron chi connectivity index (χ4n) is 2.12. The van der Waals surface area contributed by atoms with Crippen molar-refractivity contribution in [2.75, 3.05) is 6.26 Å². The van der Waals surface area contributed by atoms with E-state index < -0.39 is 0 Å². The molecule has 1 heteroatoms. The highest BCUT2D eigenvalue weighted by Gasteiger charge is 2.13. The minimum atomic E-state index is 0.957. The zero-order valence-electron chi connectivity index (χ0n) is 8.51. The van der Waals surface area contributed by atoms with Crippen LogP contribution in [0, 0.1) is 5.92 Å². The van der Waals surface area contributed by atoms with Crippen molar-refractivity contribution in [3.8, 4) is 0 Å². The summed E-state index contributed by atoms with van der Waals surface area (Å²) in [4.78, 5) is 0. The molecule has 1 fully saturated rings. The van der Waals surface area contributed by atoms with E-state index >= 15 is 0 Å². The Bertz CT molecular complexity index is 112. The molecular formula is C11H22S. The highest BCUT2D eigenvalue weighted by Crippen LogP contribution is 2.27. The van der Waals surface area contributed by atoms with Crippen molar-refractivity contribution in [1.29, 1.82) is 0 Å². The highest BCUT2D eigenvalue weighted by molar-refractivity contribution is 7.99. The van der Waals surface area contributed by atoms with Gasteiger partial charge in [-0.3, -0.25) is 0 Å². The first kappa shape index (κ1) is 10.4. The predicted octanol–water partition coefficient (Wildman–Crippen LogP) is 4.10. The van der Waals surface area contributed by atoms with Crippen LogP contribution in [0.5, 0.6) is 0 Å². The Morgan fingerprint density at radius 1 is 1.00 bits per heavy atom. The number of thioether (sulfide) groups is 1. The lowest BCUT2D eigenvalue weighted by atomic mass is 9.99. The third kappa shape index (κ3) is 3.84. The van der Waals surface area contributed by atoms with E-state index in [-0.39, 0.29) is 0 Å². The quantitative estimate of drug-likeness (QED) is 0.594. The van der Waals surface area contributed by atoms with E-state index in [1.54, 1.807) is 0 Å². The lowest BCUT2D eigenvalue weighted by Gasteiger charge is -2.17. The number of hydrogen-bond acceptors (Lipinski definition) is 1. The van der Waals surface area contributed by atoms with Gasteiger partial charge in [-0.25, -0.2) is 0 Å². The zero-order valence-corrected chi connectivity index (χ0v) is 9.33. The number of hydrogen-bond donors (Lipinski definition) is 0. The molecule has 0 saturated heterocycles. The van der Waals surface area contributed by atoms with Gasteiger partial charge in [-0.15, -0.1) is 0 Å². The molecule has 0 nitrogen and oxygen atoms in total. The fraction of sp³-hybridized carbons (Fsp3) is 1.00. The molecule has 0 aromatic carbocycles. The summed E-state index contributed by atoms with van der Waals surface area (Å²) in [6.45, 7) is 2.43. The maximum absolute atomic E-state index is 2.43. The molecule has 2 unspecified atom stereocenters. The van der Waals surface area contributed by atoms with Gasteiger partial charge in [-0.05, 0) is 25.0 Å². The van der Waals surface area contributed by atoms with E-state index in [2.05, 4.69) is 24.9 Å². The molecule has 1 aliphatic carbocycles. The summed E-state index contributed by atoms with van der Waals surface area (Å²) in [6, 6.07) is 0. The first-order chi connectivity index (χ1) is 5.83. The van der Waals surface area contributed by atoms with Crippen LogP contribution in [-0.2, 0) is 0 Å². The van der Waals surface area contributed by atoms with E-state index in [1.807, 2.05) is 0 Å². The molecule has 12 heavy (non-hydrogen) atoms.